The van der Waals surface area contributed by atoms with E-state index in [1.807, 2.05) is 0 Å². The molecule has 0 saturated carbocycles. The van der Waals surface area contributed by atoms with Gasteiger partial charge >= 0.3 is 12.0 Å². The monoisotopic (exact) mass is 582 g/mol. The first-order valence-corrected chi connectivity index (χ1v) is 13.2. The highest BCUT2D eigenvalue weighted by Crippen LogP contribution is 2.37. The molecule has 4 aromatic carbocycles. The van der Waals surface area contributed by atoms with Crippen LogP contribution in [0.25, 0.3) is 11.1 Å². The second-order valence-corrected chi connectivity index (χ2v) is 10.7. The van der Waals surface area contributed by atoms with Gasteiger partial charge in [-0.2, -0.15) is 5.26 Å². The number of imide groups is 1. The Morgan fingerprint density at radius 3 is 2.33 bits per heavy atom. The average Bonchev–Trinajstić information content (AvgIpc) is 3.13. The molecule has 0 aliphatic carbocycles. The fraction of sp³-hybridized carbons (Fsp3) is 0.125. The van der Waals surface area contributed by atoms with Crippen molar-refractivity contribution in [3.05, 3.63) is 112 Å². The Morgan fingerprint density at radius 1 is 1.00 bits per heavy atom. The highest BCUT2D eigenvalue weighted by molar-refractivity contribution is 6.30. The smallest absolute Gasteiger partial charge is 0.335 e. The minimum atomic E-state index is -1.25. The van der Waals surface area contributed by atoms with Crippen molar-refractivity contribution in [3.8, 4) is 17.2 Å². The van der Waals surface area contributed by atoms with E-state index in [0.29, 0.717) is 44.3 Å². The van der Waals surface area contributed by atoms with Crippen LogP contribution >= 0.6 is 11.6 Å². The number of halogens is 2. The van der Waals surface area contributed by atoms with E-state index in [9.17, 15) is 24.0 Å². The molecule has 8 nitrogen and oxygen atoms in total. The Bertz CT molecular complexity index is 1770. The predicted molar refractivity (Wildman–Crippen MR) is 157 cm³/mol. The van der Waals surface area contributed by atoms with Crippen molar-refractivity contribution >= 4 is 46.6 Å². The van der Waals surface area contributed by atoms with Gasteiger partial charge in [0.25, 0.3) is 5.91 Å². The van der Waals surface area contributed by atoms with Gasteiger partial charge in [0, 0.05) is 22.0 Å². The molecular weight excluding hydrogens is 559 g/mol. The second-order valence-electron chi connectivity index (χ2n) is 10.2. The number of rotatable bonds is 7. The molecule has 4 aromatic rings. The molecular formula is C32H24ClFN4O4. The molecule has 1 fully saturated rings. The maximum atomic E-state index is 14.3. The molecule has 0 aromatic heterocycles. The third kappa shape index (κ3) is 5.28. The first-order chi connectivity index (χ1) is 20.0. The summed E-state index contributed by atoms with van der Waals surface area (Å²) in [5.41, 5.74) is 2.19. The van der Waals surface area contributed by atoms with Crippen LogP contribution in [-0.2, 0) is 11.3 Å². The van der Waals surface area contributed by atoms with Crippen LogP contribution in [0, 0.1) is 17.1 Å². The molecule has 10 heteroatoms. The van der Waals surface area contributed by atoms with E-state index in [1.165, 1.54) is 35.2 Å². The standard InChI is InChI=1S/C32H24ClFN4O4/c1-32(2)30(41)38(26-14-8-21(17-35)27(16-26)19-3-9-23(33)10-4-19)31(42)37(32)18-22-5-11-24(34)15-28(22)36-25-12-6-20(7-13-25)29(39)40/h3-16,36H,18H2,1-2H3,(H,39,40). The van der Waals surface area contributed by atoms with Gasteiger partial charge in [-0.15, -0.1) is 0 Å². The fourth-order valence-corrected chi connectivity index (χ4v) is 4.92. The van der Waals surface area contributed by atoms with Crippen molar-refractivity contribution in [3.63, 3.8) is 0 Å². The number of hydrogen-bond acceptors (Lipinski definition) is 5. The summed E-state index contributed by atoms with van der Waals surface area (Å²) in [6.07, 6.45) is 0. The second kappa shape index (κ2) is 11.0. The molecule has 3 amide bonds. The molecule has 1 saturated heterocycles. The molecule has 0 spiro atoms. The molecule has 0 bridgehead atoms. The lowest BCUT2D eigenvalue weighted by molar-refractivity contribution is -0.123. The number of urea groups is 1. The lowest BCUT2D eigenvalue weighted by Gasteiger charge is -2.28. The molecule has 1 aliphatic heterocycles. The molecule has 0 atom stereocenters. The molecule has 0 radical (unpaired) electrons. The van der Waals surface area contributed by atoms with Crippen LogP contribution in [0.2, 0.25) is 5.02 Å². The summed E-state index contributed by atoms with van der Waals surface area (Å²) < 4.78 is 14.3. The van der Waals surface area contributed by atoms with Crippen molar-refractivity contribution in [2.75, 3.05) is 10.2 Å². The van der Waals surface area contributed by atoms with E-state index in [0.717, 1.165) is 4.90 Å². The Hall–Kier alpha value is -5.20. The number of amides is 3. The average molecular weight is 583 g/mol. The van der Waals surface area contributed by atoms with Gasteiger partial charge in [-0.3, -0.25) is 4.79 Å². The van der Waals surface area contributed by atoms with Crippen LogP contribution in [0.4, 0.5) is 26.2 Å². The summed E-state index contributed by atoms with van der Waals surface area (Å²) in [6.45, 7) is 3.25. The number of hydrogen-bond donors (Lipinski definition) is 2. The quantitative estimate of drug-likeness (QED) is 0.223. The molecule has 42 heavy (non-hydrogen) atoms. The number of carboxylic acids is 1. The Kier molecular flexibility index (Phi) is 7.42. The van der Waals surface area contributed by atoms with Crippen LogP contribution < -0.4 is 10.2 Å². The molecule has 2 N–H and O–H groups in total. The summed E-state index contributed by atoms with van der Waals surface area (Å²) in [7, 11) is 0. The number of carbonyl (C=O) groups is 3. The Balaban J connectivity index is 1.47. The highest BCUT2D eigenvalue weighted by Gasteiger charge is 2.52. The number of benzene rings is 4. The lowest BCUT2D eigenvalue weighted by Crippen LogP contribution is -2.43. The first kappa shape index (κ1) is 28.3. The van der Waals surface area contributed by atoms with Crippen LogP contribution in [-0.4, -0.2) is 33.5 Å². The molecule has 1 heterocycles. The number of nitrogens with zero attached hydrogens (tertiary/aromatic N) is 3. The zero-order valence-corrected chi connectivity index (χ0v) is 23.3. The van der Waals surface area contributed by atoms with E-state index in [2.05, 4.69) is 11.4 Å². The third-order valence-corrected chi connectivity index (χ3v) is 7.42. The van der Waals surface area contributed by atoms with Gasteiger partial charge in [-0.25, -0.2) is 18.9 Å². The van der Waals surface area contributed by atoms with E-state index in [1.54, 1.807) is 68.4 Å². The van der Waals surface area contributed by atoms with Crippen molar-refractivity contribution in [1.82, 2.24) is 4.90 Å². The summed E-state index contributed by atoms with van der Waals surface area (Å²) in [6, 6.07) is 23.2. The predicted octanol–water partition coefficient (Wildman–Crippen LogP) is 7.21. The number of carboxylic acid groups (broad SMARTS) is 1. The van der Waals surface area contributed by atoms with E-state index >= 15 is 0 Å². The lowest BCUT2D eigenvalue weighted by atomic mass is 9.99. The number of nitriles is 1. The number of anilines is 3. The maximum Gasteiger partial charge on any atom is 0.335 e. The largest absolute Gasteiger partial charge is 0.478 e. The van der Waals surface area contributed by atoms with Gasteiger partial charge < -0.3 is 15.3 Å². The fourth-order valence-electron chi connectivity index (χ4n) is 4.79. The zero-order valence-electron chi connectivity index (χ0n) is 22.6. The zero-order chi connectivity index (χ0) is 30.2. The summed E-state index contributed by atoms with van der Waals surface area (Å²) in [5.74, 6) is -2.04. The van der Waals surface area contributed by atoms with Gasteiger partial charge in [0.2, 0.25) is 0 Å². The van der Waals surface area contributed by atoms with Crippen molar-refractivity contribution in [2.45, 2.75) is 25.9 Å². The summed E-state index contributed by atoms with van der Waals surface area (Å²) >= 11 is 6.03. The highest BCUT2D eigenvalue weighted by atomic mass is 35.5. The number of nitrogens with one attached hydrogen (secondary N) is 1. The third-order valence-electron chi connectivity index (χ3n) is 7.17. The van der Waals surface area contributed by atoms with Crippen LogP contribution in [0.3, 0.4) is 0 Å². The van der Waals surface area contributed by atoms with Crippen LogP contribution in [0.5, 0.6) is 0 Å². The van der Waals surface area contributed by atoms with Gasteiger partial charge in [0.1, 0.15) is 11.4 Å². The van der Waals surface area contributed by atoms with Gasteiger partial charge in [0.15, 0.2) is 0 Å². The summed E-state index contributed by atoms with van der Waals surface area (Å²) in [5, 5.41) is 22.5. The van der Waals surface area contributed by atoms with Crippen molar-refractivity contribution in [1.29, 1.82) is 5.26 Å². The minimum absolute atomic E-state index is 0.0236. The SMILES string of the molecule is CC1(C)C(=O)N(c2ccc(C#N)c(-c3ccc(Cl)cc3)c2)C(=O)N1Cc1ccc(F)cc1Nc1ccc(C(=O)O)cc1. The molecule has 1 aliphatic rings. The van der Waals surface area contributed by atoms with E-state index in [-0.39, 0.29) is 12.1 Å². The van der Waals surface area contributed by atoms with Gasteiger partial charge in [-0.05, 0) is 91.7 Å². The van der Waals surface area contributed by atoms with E-state index < -0.39 is 29.3 Å². The van der Waals surface area contributed by atoms with Crippen molar-refractivity contribution in [2.24, 2.45) is 0 Å². The van der Waals surface area contributed by atoms with Crippen LogP contribution in [0.1, 0.15) is 35.3 Å². The molecule has 0 unspecified atom stereocenters. The van der Waals surface area contributed by atoms with E-state index in [4.69, 9.17) is 16.7 Å². The number of carbonyl (C=O) groups excluding carboxylic acids is 2. The number of aromatic carboxylic acids is 1. The topological polar surface area (TPSA) is 114 Å². The first-order valence-electron chi connectivity index (χ1n) is 12.8. The molecule has 210 valence electrons. The normalized spacial score (nSPS) is 14.2. The van der Waals surface area contributed by atoms with Gasteiger partial charge in [-0.1, -0.05) is 29.8 Å². The molecule has 5 rings (SSSR count). The Morgan fingerprint density at radius 2 is 1.69 bits per heavy atom. The van der Waals surface area contributed by atoms with Crippen LogP contribution in [0.15, 0.2) is 84.9 Å². The van der Waals surface area contributed by atoms with Gasteiger partial charge in [0.05, 0.1) is 29.4 Å². The summed E-state index contributed by atoms with van der Waals surface area (Å²) in [4.78, 5) is 41.2. The minimum Gasteiger partial charge on any atom is -0.478 e. The Labute approximate surface area is 246 Å². The van der Waals surface area contributed by atoms with Crippen molar-refractivity contribution < 1.29 is 23.9 Å². The maximum absolute atomic E-state index is 14.3.